The minimum absolute atomic E-state index is 0.0907. The zero-order valence-electron chi connectivity index (χ0n) is 100.0. The first kappa shape index (κ1) is 133. The summed E-state index contributed by atoms with van der Waals surface area (Å²) in [4.78, 5) is 122. The normalized spacial score (nSPS) is 24.1. The molecule has 0 N–H and O–H groups in total. The summed E-state index contributed by atoms with van der Waals surface area (Å²) in [6.45, 7) is 19.6. The lowest BCUT2D eigenvalue weighted by Crippen LogP contribution is -2.35. The van der Waals surface area contributed by atoms with Gasteiger partial charge in [0.05, 0.1) is 18.2 Å². The number of hydrogen-bond donors (Lipinski definition) is 0. The molecule has 4 saturated carbocycles. The number of Topliss-reactive ketones (excluding diaryl/α,β-unsaturated/α-hetero) is 4. The summed E-state index contributed by atoms with van der Waals surface area (Å²) < 4.78 is 5.59. The number of allylic oxidation sites excluding steroid dienone is 4. The number of ketones is 7. The van der Waals surface area contributed by atoms with Crippen LogP contribution in [0.1, 0.15) is 659 Å². The largest absolute Gasteiger partial charge is 0.357 e. The van der Waals surface area contributed by atoms with Gasteiger partial charge in [0.25, 0.3) is 0 Å². The summed E-state index contributed by atoms with van der Waals surface area (Å²) in [7, 11) is 0. The average molecular weight is 2090 g/mol. The van der Waals surface area contributed by atoms with Gasteiger partial charge in [-0.05, 0) is 212 Å². The third kappa shape index (κ3) is 55.5. The predicted molar refractivity (Wildman–Crippen MR) is 634 cm³/mol. The van der Waals surface area contributed by atoms with Crippen LogP contribution in [-0.4, -0.2) is 88.5 Å². The van der Waals surface area contributed by atoms with E-state index in [0.29, 0.717) is 57.7 Å². The number of amides is 2. The lowest BCUT2D eigenvalue weighted by molar-refractivity contribution is -0.138. The lowest BCUT2D eigenvalue weighted by atomic mass is 9.61. The van der Waals surface area contributed by atoms with Crippen molar-refractivity contribution >= 4 is 52.3 Å². The Labute approximate surface area is 926 Å². The Morgan fingerprint density at radius 1 is 0.307 bits per heavy atom. The van der Waals surface area contributed by atoms with Crippen molar-refractivity contribution in [1.82, 2.24) is 9.80 Å². The second-order valence-corrected chi connectivity index (χ2v) is 51.2. The Morgan fingerprint density at radius 2 is 0.600 bits per heavy atom. The monoisotopic (exact) mass is 2090 g/mol. The van der Waals surface area contributed by atoms with E-state index in [9.17, 15) is 43.2 Å². The Balaban J connectivity index is 0.779. The van der Waals surface area contributed by atoms with Crippen LogP contribution in [0.4, 0.5) is 0 Å². The van der Waals surface area contributed by atoms with Crippen molar-refractivity contribution in [3.05, 3.63) is 36.1 Å². The first-order valence-electron chi connectivity index (χ1n) is 67.4. The number of carbonyl (C=O) groups is 9. The van der Waals surface area contributed by atoms with Gasteiger partial charge in [-0.1, -0.05) is 510 Å². The molecule has 12 nitrogen and oxygen atoms in total. The molecule has 0 bridgehead atoms. The molecule has 2 amide bonds. The van der Waals surface area contributed by atoms with Crippen molar-refractivity contribution in [1.29, 1.82) is 0 Å². The Morgan fingerprint density at radius 3 is 0.953 bits per heavy atom. The maximum Gasteiger partial charge on any atom is 0.248 e. The number of hydrogen-bond acceptors (Lipinski definition) is 10. The van der Waals surface area contributed by atoms with Crippen molar-refractivity contribution in [2.24, 2.45) is 101 Å². The predicted octanol–water partition coefficient (Wildman–Crippen LogP) is 40.0. The van der Waals surface area contributed by atoms with Gasteiger partial charge in [0.2, 0.25) is 11.8 Å². The van der Waals surface area contributed by atoms with Crippen LogP contribution < -0.4 is 0 Å². The fraction of sp³-hybridized carbons (Fsp3) is 0.891. The van der Waals surface area contributed by atoms with E-state index >= 15 is 0 Å². The van der Waals surface area contributed by atoms with Gasteiger partial charge >= 0.3 is 0 Å². The summed E-state index contributed by atoms with van der Waals surface area (Å²) in [6.07, 6.45) is 125. The second kappa shape index (κ2) is 85.8. The molecule has 12 heteroatoms. The van der Waals surface area contributed by atoms with Gasteiger partial charge in [0.15, 0.2) is 23.1 Å². The van der Waals surface area contributed by atoms with Crippen LogP contribution in [0.5, 0.6) is 0 Å². The highest BCUT2D eigenvalue weighted by Gasteiger charge is 2.44. The van der Waals surface area contributed by atoms with Crippen molar-refractivity contribution in [2.75, 3.05) is 26.4 Å². The molecule has 0 aromatic rings. The molecule has 7 aliphatic rings. The maximum absolute atomic E-state index is 14.1. The van der Waals surface area contributed by atoms with E-state index < -0.39 is 5.92 Å². The summed E-state index contributed by atoms with van der Waals surface area (Å²) in [5.74, 6) is 9.83. The Hall–Kier alpha value is -4.19. The molecule has 0 radical (unpaired) electrons. The van der Waals surface area contributed by atoms with Gasteiger partial charge in [0, 0.05) is 75.1 Å². The zero-order chi connectivity index (χ0) is 107. The summed E-state index contributed by atoms with van der Waals surface area (Å²) >= 11 is 0. The van der Waals surface area contributed by atoms with Crippen molar-refractivity contribution < 1.29 is 47.9 Å². The minimum atomic E-state index is -0.644. The van der Waals surface area contributed by atoms with Crippen LogP contribution in [-0.2, 0) is 47.9 Å². The van der Waals surface area contributed by atoms with Crippen LogP contribution >= 0.6 is 0 Å². The van der Waals surface area contributed by atoms with Crippen LogP contribution in [0.2, 0.25) is 0 Å². The van der Waals surface area contributed by atoms with E-state index in [1.807, 2.05) is 11.0 Å². The van der Waals surface area contributed by atoms with E-state index in [1.165, 1.54) is 487 Å². The standard InChI is InChI=1S/C138H242N2O10/c1-9-15-21-27-50-68-87-125-114(78-59-24-18-12-4)95-98-117(82-63-45-37-39-49-66-85-121-107-124(143)101-102-133(121)144)128(125)91-72-54-34-31-35-56-74-93-131-136(147)110-132(138(131)149)140(113(8)142)104-76-58-43-41-55-73-92-130-118(99-96-116(80-61-26-20-14-6)127(130)89-70-52-29-23-17-11-3)81-62-44-36-38-47-65-84-120(112(7)141)106-123-109-134(145)122(108-135(123)146)86-67-48-32-30-33-53-71-90-129-119(83-64-46-40-42-57-75-103-139-111-150-105-77-94-137(139)148)100-97-115(79-60-25-19-13-5)126(129)88-69-51-28-22-16-10-2/h77,94,101-102,110,114-123,125-131H,9-76,78-93,95-100,103-109,111H2,1-8H3. The number of nitrogens with zero attached hydrogens (tertiary/aromatic N) is 2. The molecule has 1 aliphatic heterocycles. The third-order valence-electron chi connectivity index (χ3n) is 39.4. The molecule has 17 unspecified atom stereocenters. The van der Waals surface area contributed by atoms with Gasteiger partial charge in [-0.3, -0.25) is 43.2 Å². The summed E-state index contributed by atoms with van der Waals surface area (Å²) in [6, 6.07) is 0. The fourth-order valence-electron chi connectivity index (χ4n) is 30.1. The molecule has 0 aromatic heterocycles. The Bertz CT molecular complexity index is 3590. The van der Waals surface area contributed by atoms with E-state index in [-0.39, 0.29) is 76.0 Å². The van der Waals surface area contributed by atoms with Crippen LogP contribution in [0, 0.1) is 101 Å². The molecule has 0 saturated heterocycles. The number of rotatable bonds is 96. The maximum atomic E-state index is 14.1. The van der Waals surface area contributed by atoms with Crippen molar-refractivity contribution in [3.63, 3.8) is 0 Å². The zero-order valence-corrected chi connectivity index (χ0v) is 100.0. The highest BCUT2D eigenvalue weighted by Crippen LogP contribution is 2.52. The number of unbranched alkanes of at least 4 members (excludes halogenated alkanes) is 56. The highest BCUT2D eigenvalue weighted by atomic mass is 16.5. The smallest absolute Gasteiger partial charge is 0.248 e. The molecule has 4 fully saturated rings. The fourth-order valence-corrected chi connectivity index (χ4v) is 30.1. The Kier molecular flexibility index (Phi) is 75.9. The van der Waals surface area contributed by atoms with Crippen LogP contribution in [0.3, 0.4) is 0 Å². The first-order valence-corrected chi connectivity index (χ1v) is 67.4. The lowest BCUT2D eigenvalue weighted by Gasteiger charge is -2.44. The van der Waals surface area contributed by atoms with Crippen molar-refractivity contribution in [3.8, 4) is 0 Å². The molecule has 0 aromatic carbocycles. The van der Waals surface area contributed by atoms with Gasteiger partial charge in [-0.25, -0.2) is 0 Å². The van der Waals surface area contributed by atoms with Gasteiger partial charge in [-0.2, -0.15) is 0 Å². The second-order valence-electron chi connectivity index (χ2n) is 51.2. The molecule has 6 aliphatic carbocycles. The SMILES string of the molecule is CCCCCCCCC1C(CCCCCC)CCC(CCCCCCCCC2CC(=O)C=CC2=O)C1CCCCCCCCCC1C(=O)C=C(N(CCCCCCCCC2C(CCCCCCCCC(CC3CC(=O)C(CCCCCCCCCC4C(CCCCCCCCN5COCC=CC5=O)CCC(CCCCCC)C4CCCCCCCC)CC3=O)C(C)=O)CCC(CCCCCC)C2CCCCCCCC)C(C)=O)C1=O. The molecule has 7 rings (SSSR count). The summed E-state index contributed by atoms with van der Waals surface area (Å²) in [5, 5.41) is 0. The first-order chi connectivity index (χ1) is 73.4. The minimum Gasteiger partial charge on any atom is -0.357 e. The van der Waals surface area contributed by atoms with Gasteiger partial charge in [-0.15, -0.1) is 0 Å². The average Bonchev–Trinajstić information content (AvgIpc) is 1.64. The molecule has 0 spiro atoms. The topological polar surface area (TPSA) is 169 Å². The molecular weight excluding hydrogens is 1850 g/mol. The van der Waals surface area contributed by atoms with Crippen LogP contribution in [0.25, 0.3) is 0 Å². The van der Waals surface area contributed by atoms with Gasteiger partial charge in [0.1, 0.15) is 24.1 Å². The molecule has 864 valence electrons. The molecule has 150 heavy (non-hydrogen) atoms. The van der Waals surface area contributed by atoms with Crippen molar-refractivity contribution in [2.45, 2.75) is 659 Å². The van der Waals surface area contributed by atoms with E-state index in [4.69, 9.17) is 4.74 Å². The van der Waals surface area contributed by atoms with E-state index in [0.717, 1.165) is 180 Å². The highest BCUT2D eigenvalue weighted by molar-refractivity contribution is 6.22. The quantitative estimate of drug-likeness (QED) is 0.0422. The number of carbonyl (C=O) groups excluding carboxylic acids is 9. The summed E-state index contributed by atoms with van der Waals surface area (Å²) in [5.41, 5.74) is 0.341. The third-order valence-corrected chi connectivity index (χ3v) is 39.4. The van der Waals surface area contributed by atoms with Gasteiger partial charge < -0.3 is 14.5 Å². The number of ether oxygens (including phenoxy) is 1. The van der Waals surface area contributed by atoms with E-state index in [1.54, 1.807) is 24.8 Å². The van der Waals surface area contributed by atoms with E-state index in [2.05, 4.69) is 41.5 Å². The molecule has 17 atom stereocenters. The molecular formula is C138H242N2O10. The van der Waals surface area contributed by atoms with Crippen LogP contribution in [0.15, 0.2) is 36.1 Å². The molecule has 1 heterocycles.